The van der Waals surface area contributed by atoms with Crippen molar-refractivity contribution >= 4 is 34.3 Å². The Labute approximate surface area is 95.4 Å². The predicted octanol–water partition coefficient (Wildman–Crippen LogP) is 3.21. The minimum absolute atomic E-state index is 0.196. The lowest BCUT2D eigenvalue weighted by molar-refractivity contribution is 0.839. The Kier molecular flexibility index (Phi) is 2.88. The van der Waals surface area contributed by atoms with Crippen molar-refractivity contribution in [3.8, 4) is 0 Å². The van der Waals surface area contributed by atoms with Crippen LogP contribution in [0.5, 0.6) is 0 Å². The second-order valence-electron chi connectivity index (χ2n) is 2.92. The number of aryl methyl sites for hydroxylation is 1. The fraction of sp³-hybridized carbons (Fsp3) is 0.222. The van der Waals surface area contributed by atoms with Gasteiger partial charge in [0, 0.05) is 10.9 Å². The number of rotatable bonds is 2. The van der Waals surface area contributed by atoms with Gasteiger partial charge in [-0.2, -0.15) is 0 Å². The lowest BCUT2D eigenvalue weighted by atomic mass is 10.1. The van der Waals surface area contributed by atoms with Crippen LogP contribution in [0.3, 0.4) is 0 Å². The van der Waals surface area contributed by atoms with Crippen molar-refractivity contribution in [1.29, 1.82) is 0 Å². The number of nitrogens with zero attached hydrogens (tertiary/aromatic N) is 1. The molecular weight excluding hydrogens is 236 g/mol. The quantitative estimate of drug-likeness (QED) is 0.881. The Morgan fingerprint density at radius 3 is 2.79 bits per heavy atom. The molecule has 0 amide bonds. The van der Waals surface area contributed by atoms with Crippen molar-refractivity contribution in [2.24, 2.45) is 5.73 Å². The number of hydrogen-bond donors (Lipinski definition) is 1. The van der Waals surface area contributed by atoms with E-state index < -0.39 is 0 Å². The fourth-order valence-corrected chi connectivity index (χ4v) is 2.86. The van der Waals surface area contributed by atoms with Gasteiger partial charge in [0.2, 0.25) is 0 Å². The molecule has 14 heavy (non-hydrogen) atoms. The molecule has 2 N–H and O–H groups in total. The van der Waals surface area contributed by atoms with Crippen molar-refractivity contribution in [3.05, 3.63) is 37.4 Å². The standard InChI is InChI=1S/C9H9ClN2S2/c1-5-12-7(4-14-5)8(11)6-2-3-13-9(6)10/h2-4,8H,11H2,1H3. The average molecular weight is 245 g/mol. The molecular formula is C9H9ClN2S2. The summed E-state index contributed by atoms with van der Waals surface area (Å²) in [6, 6.07) is 1.76. The molecule has 74 valence electrons. The van der Waals surface area contributed by atoms with Crippen LogP contribution < -0.4 is 5.73 Å². The third kappa shape index (κ3) is 1.83. The molecule has 0 fully saturated rings. The summed E-state index contributed by atoms with van der Waals surface area (Å²) in [5, 5.41) is 4.95. The third-order valence-electron chi connectivity index (χ3n) is 1.94. The number of thiophene rings is 1. The third-order valence-corrected chi connectivity index (χ3v) is 3.93. The highest BCUT2D eigenvalue weighted by Crippen LogP contribution is 2.30. The number of nitrogens with two attached hydrogens (primary N) is 1. The Hall–Kier alpha value is -0.420. The van der Waals surface area contributed by atoms with Crippen molar-refractivity contribution < 1.29 is 0 Å². The van der Waals surface area contributed by atoms with E-state index in [-0.39, 0.29) is 6.04 Å². The van der Waals surface area contributed by atoms with Gasteiger partial charge >= 0.3 is 0 Å². The molecule has 2 aromatic rings. The van der Waals surface area contributed by atoms with Gasteiger partial charge in [-0.15, -0.1) is 22.7 Å². The molecule has 2 nitrogen and oxygen atoms in total. The highest BCUT2D eigenvalue weighted by molar-refractivity contribution is 7.14. The summed E-state index contributed by atoms with van der Waals surface area (Å²) in [6.45, 7) is 1.97. The van der Waals surface area contributed by atoms with E-state index in [1.165, 1.54) is 11.3 Å². The number of halogens is 1. The zero-order chi connectivity index (χ0) is 10.1. The zero-order valence-electron chi connectivity index (χ0n) is 7.53. The van der Waals surface area contributed by atoms with Crippen LogP contribution in [0, 0.1) is 6.92 Å². The second kappa shape index (κ2) is 3.98. The van der Waals surface area contributed by atoms with Gasteiger partial charge in [-0.1, -0.05) is 11.6 Å². The van der Waals surface area contributed by atoms with Crippen LogP contribution >= 0.6 is 34.3 Å². The first-order chi connectivity index (χ1) is 6.68. The molecule has 0 aliphatic rings. The number of aromatic nitrogens is 1. The van der Waals surface area contributed by atoms with Gasteiger partial charge in [-0.3, -0.25) is 0 Å². The SMILES string of the molecule is Cc1nc(C(N)c2ccsc2Cl)cs1. The van der Waals surface area contributed by atoms with E-state index in [4.69, 9.17) is 17.3 Å². The van der Waals surface area contributed by atoms with E-state index in [1.807, 2.05) is 23.8 Å². The van der Waals surface area contributed by atoms with Gasteiger partial charge in [0.25, 0.3) is 0 Å². The van der Waals surface area contributed by atoms with Crippen molar-refractivity contribution in [2.75, 3.05) is 0 Å². The zero-order valence-corrected chi connectivity index (χ0v) is 9.92. The van der Waals surface area contributed by atoms with Crippen molar-refractivity contribution in [2.45, 2.75) is 13.0 Å². The van der Waals surface area contributed by atoms with Gasteiger partial charge in [0.05, 0.1) is 21.1 Å². The van der Waals surface area contributed by atoms with Crippen LogP contribution in [0.4, 0.5) is 0 Å². The molecule has 2 aromatic heterocycles. The lowest BCUT2D eigenvalue weighted by Gasteiger charge is -2.06. The Bertz CT molecular complexity index is 435. The monoisotopic (exact) mass is 244 g/mol. The molecule has 1 atom stereocenters. The summed E-state index contributed by atoms with van der Waals surface area (Å²) in [5.41, 5.74) is 7.90. The van der Waals surface area contributed by atoms with Gasteiger partial charge in [-0.05, 0) is 18.4 Å². The second-order valence-corrected chi connectivity index (χ2v) is 5.50. The summed E-state index contributed by atoms with van der Waals surface area (Å²) >= 11 is 9.11. The molecule has 0 aliphatic carbocycles. The number of hydrogen-bond acceptors (Lipinski definition) is 4. The van der Waals surface area contributed by atoms with Crippen LogP contribution in [0.15, 0.2) is 16.8 Å². The maximum Gasteiger partial charge on any atom is 0.0980 e. The molecule has 5 heteroatoms. The van der Waals surface area contributed by atoms with E-state index in [0.717, 1.165) is 20.6 Å². The maximum absolute atomic E-state index is 6.04. The van der Waals surface area contributed by atoms with Gasteiger partial charge in [-0.25, -0.2) is 4.98 Å². The predicted molar refractivity (Wildman–Crippen MR) is 62.2 cm³/mol. The minimum atomic E-state index is -0.196. The van der Waals surface area contributed by atoms with Crippen LogP contribution in [0.25, 0.3) is 0 Å². The summed E-state index contributed by atoms with van der Waals surface area (Å²) in [4.78, 5) is 4.35. The molecule has 0 saturated heterocycles. The summed E-state index contributed by atoms with van der Waals surface area (Å²) < 4.78 is 0.753. The van der Waals surface area contributed by atoms with E-state index in [2.05, 4.69) is 4.98 Å². The molecule has 2 heterocycles. The van der Waals surface area contributed by atoms with E-state index in [1.54, 1.807) is 11.3 Å². The Morgan fingerprint density at radius 2 is 2.29 bits per heavy atom. The normalized spacial score (nSPS) is 13.1. The molecule has 0 aromatic carbocycles. The largest absolute Gasteiger partial charge is 0.319 e. The Morgan fingerprint density at radius 1 is 1.50 bits per heavy atom. The highest BCUT2D eigenvalue weighted by atomic mass is 35.5. The summed E-state index contributed by atoms with van der Waals surface area (Å²) in [7, 11) is 0. The van der Waals surface area contributed by atoms with E-state index in [9.17, 15) is 0 Å². The van der Waals surface area contributed by atoms with Crippen LogP contribution in [0.1, 0.15) is 22.3 Å². The van der Waals surface area contributed by atoms with Gasteiger partial charge in [0.15, 0.2) is 0 Å². The minimum Gasteiger partial charge on any atom is -0.319 e. The summed E-state index contributed by atoms with van der Waals surface area (Å²) in [6.07, 6.45) is 0. The summed E-state index contributed by atoms with van der Waals surface area (Å²) in [5.74, 6) is 0. The lowest BCUT2D eigenvalue weighted by Crippen LogP contribution is -2.11. The molecule has 0 spiro atoms. The molecule has 0 bridgehead atoms. The highest BCUT2D eigenvalue weighted by Gasteiger charge is 2.15. The first-order valence-electron chi connectivity index (χ1n) is 4.09. The van der Waals surface area contributed by atoms with Gasteiger partial charge < -0.3 is 5.73 Å². The molecule has 0 aliphatic heterocycles. The van der Waals surface area contributed by atoms with Crippen LogP contribution in [0.2, 0.25) is 4.34 Å². The Balaban J connectivity index is 2.33. The van der Waals surface area contributed by atoms with Crippen molar-refractivity contribution in [1.82, 2.24) is 4.98 Å². The maximum atomic E-state index is 6.04. The number of thiazole rings is 1. The van der Waals surface area contributed by atoms with E-state index >= 15 is 0 Å². The molecule has 1 unspecified atom stereocenters. The first-order valence-corrected chi connectivity index (χ1v) is 6.22. The molecule has 0 saturated carbocycles. The van der Waals surface area contributed by atoms with E-state index in [0.29, 0.717) is 0 Å². The molecule has 2 rings (SSSR count). The van der Waals surface area contributed by atoms with Crippen LogP contribution in [-0.4, -0.2) is 4.98 Å². The first kappa shape index (κ1) is 10.1. The van der Waals surface area contributed by atoms with Gasteiger partial charge in [0.1, 0.15) is 0 Å². The topological polar surface area (TPSA) is 38.9 Å². The molecule has 0 radical (unpaired) electrons. The average Bonchev–Trinajstić information content (AvgIpc) is 2.73. The fourth-order valence-electron chi connectivity index (χ4n) is 1.21. The van der Waals surface area contributed by atoms with Crippen LogP contribution in [-0.2, 0) is 0 Å². The van der Waals surface area contributed by atoms with Crippen molar-refractivity contribution in [3.63, 3.8) is 0 Å². The smallest absolute Gasteiger partial charge is 0.0980 e.